The Morgan fingerprint density at radius 1 is 1.18 bits per heavy atom. The van der Waals surface area contributed by atoms with E-state index in [1.54, 1.807) is 19.2 Å². The molecule has 2 N–H and O–H groups in total. The van der Waals surface area contributed by atoms with E-state index in [4.69, 9.17) is 9.47 Å². The number of rotatable bonds is 7. The van der Waals surface area contributed by atoms with E-state index < -0.39 is 6.09 Å². The molecule has 1 rings (SSSR count). The van der Waals surface area contributed by atoms with Gasteiger partial charge in [0, 0.05) is 26.7 Å². The highest BCUT2D eigenvalue weighted by Crippen LogP contribution is 2.07. The Balaban J connectivity index is 2.06. The molecule has 0 bridgehead atoms. The summed E-state index contributed by atoms with van der Waals surface area (Å²) in [4.78, 5) is 11.3. The molecule has 1 aromatic carbocycles. The quantitative estimate of drug-likeness (QED) is 0.696. The molecule has 5 heteroatoms. The van der Waals surface area contributed by atoms with Crippen molar-refractivity contribution in [2.45, 2.75) is 0 Å². The van der Waals surface area contributed by atoms with Crippen LogP contribution in [0.1, 0.15) is 0 Å². The van der Waals surface area contributed by atoms with Crippen molar-refractivity contribution in [2.24, 2.45) is 0 Å². The van der Waals surface area contributed by atoms with E-state index >= 15 is 0 Å². The summed E-state index contributed by atoms with van der Waals surface area (Å²) in [5, 5.41) is 5.75. The molecule has 0 saturated heterocycles. The van der Waals surface area contributed by atoms with Crippen LogP contribution in [0.25, 0.3) is 0 Å². The van der Waals surface area contributed by atoms with E-state index in [1.165, 1.54) is 0 Å². The minimum absolute atomic E-state index is 0.440. The zero-order valence-corrected chi connectivity index (χ0v) is 9.94. The molecule has 0 aromatic heterocycles. The number of benzene rings is 1. The van der Waals surface area contributed by atoms with Crippen LogP contribution in [0, 0.1) is 0 Å². The van der Waals surface area contributed by atoms with Crippen LogP contribution in [0.4, 0.5) is 4.79 Å². The van der Waals surface area contributed by atoms with Gasteiger partial charge in [-0.05, 0) is 12.1 Å². The van der Waals surface area contributed by atoms with Gasteiger partial charge < -0.3 is 20.1 Å². The molecule has 0 aliphatic carbocycles. The summed E-state index contributed by atoms with van der Waals surface area (Å²) in [6.45, 7) is 2.64. The van der Waals surface area contributed by atoms with Gasteiger partial charge in [0.25, 0.3) is 0 Å². The first kappa shape index (κ1) is 13.5. The molecule has 17 heavy (non-hydrogen) atoms. The zero-order chi connectivity index (χ0) is 12.3. The second kappa shape index (κ2) is 8.55. The summed E-state index contributed by atoms with van der Waals surface area (Å²) >= 11 is 0. The third-order valence-electron chi connectivity index (χ3n) is 2.01. The molecular weight excluding hydrogens is 220 g/mol. The minimum Gasteiger partial charge on any atom is -0.410 e. The Morgan fingerprint density at radius 2 is 1.94 bits per heavy atom. The topological polar surface area (TPSA) is 59.6 Å². The van der Waals surface area contributed by atoms with Crippen molar-refractivity contribution >= 4 is 6.09 Å². The van der Waals surface area contributed by atoms with Crippen LogP contribution in [0.3, 0.4) is 0 Å². The first-order valence-corrected chi connectivity index (χ1v) is 5.53. The first-order valence-electron chi connectivity index (χ1n) is 5.53. The Kier molecular flexibility index (Phi) is 6.78. The van der Waals surface area contributed by atoms with Crippen LogP contribution in [-0.4, -0.2) is 39.4 Å². The number of carbonyl (C=O) groups is 1. The maximum atomic E-state index is 11.3. The molecule has 0 aliphatic rings. The highest BCUT2D eigenvalue weighted by molar-refractivity contribution is 5.70. The minimum atomic E-state index is -0.440. The molecular formula is C12H18N2O3. The average molecular weight is 238 g/mol. The van der Waals surface area contributed by atoms with Crippen molar-refractivity contribution in [3.63, 3.8) is 0 Å². The fourth-order valence-corrected chi connectivity index (χ4v) is 1.18. The lowest BCUT2D eigenvalue weighted by atomic mass is 10.3. The van der Waals surface area contributed by atoms with E-state index in [-0.39, 0.29) is 0 Å². The lowest BCUT2D eigenvalue weighted by Crippen LogP contribution is -2.34. The summed E-state index contributed by atoms with van der Waals surface area (Å²) in [6.07, 6.45) is -0.440. The van der Waals surface area contributed by atoms with Crippen molar-refractivity contribution in [2.75, 3.05) is 33.4 Å². The lowest BCUT2D eigenvalue weighted by molar-refractivity contribution is 0.196. The second-order valence-electron chi connectivity index (χ2n) is 3.37. The van der Waals surface area contributed by atoms with Crippen LogP contribution in [0.2, 0.25) is 0 Å². The number of nitrogens with one attached hydrogen (secondary N) is 2. The van der Waals surface area contributed by atoms with Gasteiger partial charge >= 0.3 is 6.09 Å². The highest BCUT2D eigenvalue weighted by Gasteiger charge is 2.01. The molecule has 0 radical (unpaired) electrons. The van der Waals surface area contributed by atoms with E-state index in [0.717, 1.165) is 6.54 Å². The Labute approximate surface area is 101 Å². The second-order valence-corrected chi connectivity index (χ2v) is 3.37. The zero-order valence-electron chi connectivity index (χ0n) is 9.94. The number of para-hydroxylation sites is 1. The van der Waals surface area contributed by atoms with Gasteiger partial charge in [0.1, 0.15) is 5.75 Å². The van der Waals surface area contributed by atoms with Gasteiger partial charge in [-0.1, -0.05) is 18.2 Å². The Bertz CT molecular complexity index is 317. The maximum absolute atomic E-state index is 11.3. The van der Waals surface area contributed by atoms with Crippen molar-refractivity contribution in [1.29, 1.82) is 0 Å². The molecule has 1 aromatic rings. The summed E-state index contributed by atoms with van der Waals surface area (Å²) < 4.78 is 9.91. The van der Waals surface area contributed by atoms with Crippen LogP contribution >= 0.6 is 0 Å². The SMILES string of the molecule is COCCNCCNC(=O)Oc1ccccc1. The van der Waals surface area contributed by atoms with Gasteiger partial charge in [-0.2, -0.15) is 0 Å². The van der Waals surface area contributed by atoms with Crippen LogP contribution in [0.15, 0.2) is 30.3 Å². The number of amides is 1. The largest absolute Gasteiger partial charge is 0.412 e. The summed E-state index contributed by atoms with van der Waals surface area (Å²) in [6, 6.07) is 8.96. The van der Waals surface area contributed by atoms with E-state index in [2.05, 4.69) is 10.6 Å². The van der Waals surface area contributed by atoms with Crippen molar-refractivity contribution in [3.8, 4) is 5.75 Å². The smallest absolute Gasteiger partial charge is 0.410 e. The predicted octanol–water partition coefficient (Wildman–Crippen LogP) is 1.01. The molecule has 0 atom stereocenters. The van der Waals surface area contributed by atoms with Gasteiger partial charge in [-0.25, -0.2) is 4.79 Å². The van der Waals surface area contributed by atoms with Gasteiger partial charge in [-0.15, -0.1) is 0 Å². The fraction of sp³-hybridized carbons (Fsp3) is 0.417. The van der Waals surface area contributed by atoms with Crippen LogP contribution < -0.4 is 15.4 Å². The van der Waals surface area contributed by atoms with Crippen LogP contribution in [-0.2, 0) is 4.74 Å². The molecule has 0 fully saturated rings. The van der Waals surface area contributed by atoms with Crippen LogP contribution in [0.5, 0.6) is 5.75 Å². The lowest BCUT2D eigenvalue weighted by Gasteiger charge is -2.07. The summed E-state index contributed by atoms with van der Waals surface area (Å²) in [5.74, 6) is 0.539. The number of methoxy groups -OCH3 is 1. The van der Waals surface area contributed by atoms with Crippen molar-refractivity contribution in [3.05, 3.63) is 30.3 Å². The molecule has 0 unspecified atom stereocenters. The van der Waals surface area contributed by atoms with Gasteiger partial charge in [-0.3, -0.25) is 0 Å². The van der Waals surface area contributed by atoms with Gasteiger partial charge in [0.05, 0.1) is 6.61 Å². The number of hydrogen-bond donors (Lipinski definition) is 2. The summed E-state index contributed by atoms with van der Waals surface area (Å²) in [7, 11) is 1.65. The van der Waals surface area contributed by atoms with Crippen molar-refractivity contribution < 1.29 is 14.3 Å². The van der Waals surface area contributed by atoms with E-state index in [1.807, 2.05) is 18.2 Å². The molecule has 0 aliphatic heterocycles. The van der Waals surface area contributed by atoms with Crippen molar-refractivity contribution in [1.82, 2.24) is 10.6 Å². The molecule has 0 heterocycles. The van der Waals surface area contributed by atoms with E-state index in [0.29, 0.717) is 25.4 Å². The number of carbonyl (C=O) groups excluding carboxylic acids is 1. The molecule has 0 spiro atoms. The average Bonchev–Trinajstić information content (AvgIpc) is 2.35. The number of hydrogen-bond acceptors (Lipinski definition) is 4. The summed E-state index contributed by atoms with van der Waals surface area (Å²) in [5.41, 5.74) is 0. The molecule has 1 amide bonds. The van der Waals surface area contributed by atoms with E-state index in [9.17, 15) is 4.79 Å². The predicted molar refractivity (Wildman–Crippen MR) is 65.2 cm³/mol. The van der Waals surface area contributed by atoms with Gasteiger partial charge in [0.2, 0.25) is 0 Å². The third-order valence-corrected chi connectivity index (χ3v) is 2.01. The normalized spacial score (nSPS) is 9.94. The first-order chi connectivity index (χ1) is 8.33. The monoisotopic (exact) mass is 238 g/mol. The third kappa shape index (κ3) is 6.55. The highest BCUT2D eigenvalue weighted by atomic mass is 16.6. The molecule has 94 valence electrons. The standard InChI is InChI=1S/C12H18N2O3/c1-16-10-9-13-7-8-14-12(15)17-11-5-3-2-4-6-11/h2-6,13H,7-10H2,1H3,(H,14,15). The number of ether oxygens (including phenoxy) is 2. The Hall–Kier alpha value is -1.59. The fourth-order valence-electron chi connectivity index (χ4n) is 1.18. The maximum Gasteiger partial charge on any atom is 0.412 e. The molecule has 5 nitrogen and oxygen atoms in total. The molecule has 0 saturated carbocycles. The Morgan fingerprint density at radius 3 is 2.65 bits per heavy atom. The van der Waals surface area contributed by atoms with Gasteiger partial charge in [0.15, 0.2) is 0 Å².